The van der Waals surface area contributed by atoms with Crippen molar-refractivity contribution in [2.75, 3.05) is 19.8 Å². The SMILES string of the molecule is CCCc1c(OCCCOc2ccc(C(N)=O)c(O)c2CCC)cccc1OCC(=O)[O-]. The van der Waals surface area contributed by atoms with Crippen LogP contribution in [-0.2, 0) is 17.6 Å². The topological polar surface area (TPSA) is 131 Å². The zero-order valence-corrected chi connectivity index (χ0v) is 18.5. The fraction of sp³-hybridized carbons (Fsp3) is 0.417. The van der Waals surface area contributed by atoms with Crippen molar-refractivity contribution >= 4 is 11.9 Å². The third-order valence-electron chi connectivity index (χ3n) is 4.74. The molecule has 0 radical (unpaired) electrons. The van der Waals surface area contributed by atoms with Crippen molar-refractivity contribution in [3.05, 3.63) is 47.0 Å². The summed E-state index contributed by atoms with van der Waals surface area (Å²) >= 11 is 0. The number of carbonyl (C=O) groups excluding carboxylic acids is 2. The molecule has 0 atom stereocenters. The van der Waals surface area contributed by atoms with Gasteiger partial charge in [0.25, 0.3) is 5.91 Å². The average molecular weight is 445 g/mol. The minimum absolute atomic E-state index is 0.0772. The molecule has 2 aromatic carbocycles. The largest absolute Gasteiger partial charge is 0.546 e. The van der Waals surface area contributed by atoms with Gasteiger partial charge in [-0.25, -0.2) is 0 Å². The number of carboxylic acids is 1. The zero-order chi connectivity index (χ0) is 23.5. The van der Waals surface area contributed by atoms with Crippen molar-refractivity contribution in [3.63, 3.8) is 0 Å². The maximum absolute atomic E-state index is 11.5. The predicted octanol–water partition coefficient (Wildman–Crippen LogP) is 2.37. The van der Waals surface area contributed by atoms with Crippen LogP contribution in [0, 0.1) is 0 Å². The third-order valence-corrected chi connectivity index (χ3v) is 4.74. The monoisotopic (exact) mass is 444 g/mol. The molecule has 174 valence electrons. The summed E-state index contributed by atoms with van der Waals surface area (Å²) in [5.74, 6) is -0.483. The maximum atomic E-state index is 11.5. The highest BCUT2D eigenvalue weighted by molar-refractivity contribution is 5.96. The standard InChI is InChI=1S/C24H31NO7/c1-3-7-16-19(9-5-10-20(16)32-15-22(26)27)30-13-6-14-31-21-12-11-18(24(25)29)23(28)17(21)8-4-2/h5,9-12,28H,3-4,6-8,13-15H2,1-2H3,(H2,25,29)(H,26,27)/p-1. The Hall–Kier alpha value is -3.42. The first-order valence-electron chi connectivity index (χ1n) is 10.7. The average Bonchev–Trinajstić information content (AvgIpc) is 2.75. The van der Waals surface area contributed by atoms with E-state index in [1.165, 1.54) is 6.07 Å². The van der Waals surface area contributed by atoms with E-state index in [9.17, 15) is 19.8 Å². The number of rotatable bonds is 14. The number of primary amides is 1. The lowest BCUT2D eigenvalue weighted by atomic mass is 10.0. The first-order valence-corrected chi connectivity index (χ1v) is 10.7. The van der Waals surface area contributed by atoms with Crippen LogP contribution >= 0.6 is 0 Å². The van der Waals surface area contributed by atoms with Gasteiger partial charge in [0.2, 0.25) is 0 Å². The minimum atomic E-state index is -1.28. The molecule has 0 aliphatic carbocycles. The molecule has 0 aliphatic heterocycles. The van der Waals surface area contributed by atoms with E-state index < -0.39 is 18.5 Å². The molecule has 2 rings (SSSR count). The van der Waals surface area contributed by atoms with Crippen LogP contribution < -0.4 is 25.1 Å². The van der Waals surface area contributed by atoms with Gasteiger partial charge in [-0.3, -0.25) is 4.79 Å². The highest BCUT2D eigenvalue weighted by atomic mass is 16.5. The molecule has 0 unspecified atom stereocenters. The molecule has 0 spiro atoms. The van der Waals surface area contributed by atoms with E-state index in [1.807, 2.05) is 19.9 Å². The molecule has 0 saturated carbocycles. The molecular formula is C24H30NO7-. The van der Waals surface area contributed by atoms with Crippen LogP contribution in [0.4, 0.5) is 0 Å². The van der Waals surface area contributed by atoms with Gasteiger partial charge in [0, 0.05) is 17.5 Å². The maximum Gasteiger partial charge on any atom is 0.252 e. The Morgan fingerprint density at radius 1 is 0.906 bits per heavy atom. The van der Waals surface area contributed by atoms with Crippen molar-refractivity contribution in [3.8, 4) is 23.0 Å². The molecule has 0 heterocycles. The van der Waals surface area contributed by atoms with Gasteiger partial charge in [-0.15, -0.1) is 0 Å². The van der Waals surface area contributed by atoms with Crippen LogP contribution in [0.1, 0.15) is 54.6 Å². The third kappa shape index (κ3) is 6.80. The quantitative estimate of drug-likeness (QED) is 0.428. The molecule has 0 aliphatic rings. The van der Waals surface area contributed by atoms with Crippen LogP contribution in [0.25, 0.3) is 0 Å². The lowest BCUT2D eigenvalue weighted by molar-refractivity contribution is -0.307. The van der Waals surface area contributed by atoms with Gasteiger partial charge in [-0.2, -0.15) is 0 Å². The molecule has 0 fully saturated rings. The highest BCUT2D eigenvalue weighted by Crippen LogP contribution is 2.33. The van der Waals surface area contributed by atoms with E-state index in [4.69, 9.17) is 19.9 Å². The zero-order valence-electron chi connectivity index (χ0n) is 18.5. The van der Waals surface area contributed by atoms with E-state index in [1.54, 1.807) is 18.2 Å². The number of aromatic hydroxyl groups is 1. The van der Waals surface area contributed by atoms with Crippen molar-refractivity contribution in [2.45, 2.75) is 46.0 Å². The molecule has 0 bridgehead atoms. The number of carboxylic acid groups (broad SMARTS) is 1. The van der Waals surface area contributed by atoms with Gasteiger partial charge in [0.1, 0.15) is 29.6 Å². The van der Waals surface area contributed by atoms with E-state index in [2.05, 4.69) is 0 Å². The number of benzene rings is 2. The van der Waals surface area contributed by atoms with Gasteiger partial charge in [-0.05, 0) is 37.1 Å². The van der Waals surface area contributed by atoms with Crippen molar-refractivity contribution in [2.24, 2.45) is 5.73 Å². The summed E-state index contributed by atoms with van der Waals surface area (Å²) in [5, 5.41) is 21.1. The summed E-state index contributed by atoms with van der Waals surface area (Å²) in [5.41, 5.74) is 6.76. The molecule has 0 saturated heterocycles. The van der Waals surface area contributed by atoms with Gasteiger partial charge >= 0.3 is 0 Å². The van der Waals surface area contributed by atoms with Gasteiger partial charge < -0.3 is 35.0 Å². The smallest absolute Gasteiger partial charge is 0.252 e. The van der Waals surface area contributed by atoms with Gasteiger partial charge in [0.05, 0.1) is 24.7 Å². The lowest BCUT2D eigenvalue weighted by Crippen LogP contribution is -2.29. The van der Waals surface area contributed by atoms with Crippen LogP contribution in [0.2, 0.25) is 0 Å². The van der Waals surface area contributed by atoms with Crippen LogP contribution in [0.15, 0.2) is 30.3 Å². The molecule has 2 aromatic rings. The van der Waals surface area contributed by atoms with Crippen LogP contribution in [-0.4, -0.2) is 36.8 Å². The summed E-state index contributed by atoms with van der Waals surface area (Å²) < 4.78 is 17.0. The second-order valence-electron chi connectivity index (χ2n) is 7.25. The Morgan fingerprint density at radius 3 is 2.03 bits per heavy atom. The molecule has 8 nitrogen and oxygen atoms in total. The van der Waals surface area contributed by atoms with Gasteiger partial charge in [0.15, 0.2) is 0 Å². The van der Waals surface area contributed by atoms with Gasteiger partial charge in [-0.1, -0.05) is 32.8 Å². The Bertz CT molecular complexity index is 927. The van der Waals surface area contributed by atoms with Crippen molar-refractivity contribution < 1.29 is 34.0 Å². The minimum Gasteiger partial charge on any atom is -0.546 e. The summed E-state index contributed by atoms with van der Waals surface area (Å²) in [7, 11) is 0. The number of phenols is 1. The molecule has 32 heavy (non-hydrogen) atoms. The molecule has 8 heteroatoms. The Morgan fingerprint density at radius 2 is 1.47 bits per heavy atom. The number of ether oxygens (including phenoxy) is 3. The second-order valence-corrected chi connectivity index (χ2v) is 7.25. The number of nitrogens with two attached hydrogens (primary N) is 1. The Labute approximate surface area is 187 Å². The number of hydrogen-bond donors (Lipinski definition) is 2. The number of carbonyl (C=O) groups is 2. The van der Waals surface area contributed by atoms with E-state index in [0.717, 1.165) is 18.4 Å². The Kier molecular flexibility index (Phi) is 9.66. The van der Waals surface area contributed by atoms with Crippen LogP contribution in [0.3, 0.4) is 0 Å². The molecule has 1 amide bonds. The summed E-state index contributed by atoms with van der Waals surface area (Å²) in [6.45, 7) is 4.17. The summed E-state index contributed by atoms with van der Waals surface area (Å²) in [4.78, 5) is 22.2. The van der Waals surface area contributed by atoms with E-state index >= 15 is 0 Å². The van der Waals surface area contributed by atoms with E-state index in [0.29, 0.717) is 55.3 Å². The second kappa shape index (κ2) is 12.4. The number of aliphatic carboxylic acids is 1. The van der Waals surface area contributed by atoms with Crippen molar-refractivity contribution in [1.82, 2.24) is 0 Å². The molecule has 0 aromatic heterocycles. The molecule has 3 N–H and O–H groups in total. The number of amides is 1. The predicted molar refractivity (Wildman–Crippen MR) is 117 cm³/mol. The first-order chi connectivity index (χ1) is 15.4. The fourth-order valence-electron chi connectivity index (χ4n) is 3.32. The fourth-order valence-corrected chi connectivity index (χ4v) is 3.32. The highest BCUT2D eigenvalue weighted by Gasteiger charge is 2.16. The van der Waals surface area contributed by atoms with Crippen molar-refractivity contribution in [1.29, 1.82) is 0 Å². The van der Waals surface area contributed by atoms with E-state index in [-0.39, 0.29) is 11.3 Å². The molecular weight excluding hydrogens is 414 g/mol. The summed E-state index contributed by atoms with van der Waals surface area (Å²) in [6, 6.07) is 8.37. The Balaban J connectivity index is 1.98. The lowest BCUT2D eigenvalue weighted by Gasteiger charge is -2.17. The number of hydrogen-bond acceptors (Lipinski definition) is 7. The van der Waals surface area contributed by atoms with Crippen LogP contribution in [0.5, 0.6) is 23.0 Å². The summed E-state index contributed by atoms with van der Waals surface area (Å²) in [6.07, 6.45) is 3.42. The first kappa shape index (κ1) is 24.8. The normalized spacial score (nSPS) is 10.6.